The Balaban J connectivity index is 1.37. The van der Waals surface area contributed by atoms with Crippen molar-refractivity contribution in [2.45, 2.75) is 0 Å². The molecule has 5 rings (SSSR count). The first-order chi connectivity index (χ1) is 17.1. The lowest BCUT2D eigenvalue weighted by Gasteiger charge is -2.07. The lowest BCUT2D eigenvalue weighted by atomic mass is 10.3. The number of fused-ring (bicyclic) bond motifs is 4. The second-order valence-electron chi connectivity index (χ2n) is 7.52. The largest absolute Gasteiger partial charge is 0.491 e. The van der Waals surface area contributed by atoms with Crippen molar-refractivity contribution in [3.05, 3.63) is 48.3 Å². The molecule has 0 aliphatic heterocycles. The van der Waals surface area contributed by atoms with Crippen LogP contribution in [0.1, 0.15) is 5.56 Å². The van der Waals surface area contributed by atoms with Crippen molar-refractivity contribution in [2.24, 2.45) is 0 Å². The molecule has 1 aromatic carbocycles. The van der Waals surface area contributed by atoms with Gasteiger partial charge in [0, 0.05) is 32.1 Å². The molecule has 5 aromatic rings. The molecule has 35 heavy (non-hydrogen) atoms. The van der Waals surface area contributed by atoms with Crippen LogP contribution < -0.4 is 15.4 Å². The first kappa shape index (κ1) is 22.5. The van der Waals surface area contributed by atoms with Gasteiger partial charge in [0.1, 0.15) is 35.2 Å². The highest BCUT2D eigenvalue weighted by Gasteiger charge is 2.18. The number of ether oxygens (including phenoxy) is 2. The minimum atomic E-state index is -1.07. The van der Waals surface area contributed by atoms with Gasteiger partial charge in [-0.15, -0.1) is 0 Å². The average molecular weight is 492 g/mol. The summed E-state index contributed by atoms with van der Waals surface area (Å²) in [6, 6.07) is 11.5. The molecule has 4 heterocycles. The molecule has 0 atom stereocenters. The predicted octanol–water partition coefficient (Wildman–Crippen LogP) is 3.44. The number of nitrogens with one attached hydrogen (secondary N) is 2. The highest BCUT2D eigenvalue weighted by Crippen LogP contribution is 2.34. The number of amides is 1. The molecule has 0 bridgehead atoms. The first-order valence-corrected chi connectivity index (χ1v) is 11.6. The summed E-state index contributed by atoms with van der Waals surface area (Å²) < 4.78 is 16.2. The molecule has 12 heteroatoms. The van der Waals surface area contributed by atoms with Crippen LogP contribution in [0.3, 0.4) is 0 Å². The maximum Gasteiger partial charge on any atom is 0.404 e. The Morgan fingerprint density at radius 2 is 2.09 bits per heavy atom. The normalized spacial score (nSPS) is 11.2. The van der Waals surface area contributed by atoms with E-state index in [-0.39, 0.29) is 13.2 Å². The Hall–Kier alpha value is -4.34. The van der Waals surface area contributed by atoms with E-state index >= 15 is 0 Å². The van der Waals surface area contributed by atoms with Crippen molar-refractivity contribution < 1.29 is 19.4 Å². The van der Waals surface area contributed by atoms with E-state index in [0.29, 0.717) is 35.9 Å². The topological polar surface area (TPSA) is 138 Å². The quantitative estimate of drug-likeness (QED) is 0.267. The van der Waals surface area contributed by atoms with Crippen LogP contribution in [0.4, 0.5) is 10.6 Å². The standard InChI is InChI=1S/C23H21N7O4S/c1-25-21-20(28-19-10-14(12-24)4-6-29(19)21)16-13-30-17-11-15(2-3-18(17)35-22(30)27-16)34-9-8-33-7-5-26-23(31)32/h2-4,6,10-11,13,25-26H,5,7-9H2,1H3,(H,31,32). The molecule has 0 aliphatic carbocycles. The number of carboxylic acid groups (broad SMARTS) is 1. The summed E-state index contributed by atoms with van der Waals surface area (Å²) in [5.41, 5.74) is 3.60. The second-order valence-corrected chi connectivity index (χ2v) is 8.53. The Labute approximate surface area is 203 Å². The number of thiazole rings is 1. The number of aromatic nitrogens is 4. The minimum absolute atomic E-state index is 0.234. The maximum absolute atomic E-state index is 10.4. The fraction of sp³-hybridized carbons (Fsp3) is 0.217. The molecule has 0 saturated heterocycles. The van der Waals surface area contributed by atoms with Crippen LogP contribution in [0, 0.1) is 11.3 Å². The number of imidazole rings is 2. The fourth-order valence-corrected chi connectivity index (χ4v) is 4.75. The molecule has 178 valence electrons. The summed E-state index contributed by atoms with van der Waals surface area (Å²) in [4.78, 5) is 20.8. The Bertz CT molecular complexity index is 1580. The third kappa shape index (κ3) is 4.42. The molecule has 0 saturated carbocycles. The van der Waals surface area contributed by atoms with E-state index in [1.165, 1.54) is 0 Å². The number of hydrogen-bond donors (Lipinski definition) is 3. The monoisotopic (exact) mass is 491 g/mol. The molecular formula is C23H21N7O4S. The molecular weight excluding hydrogens is 470 g/mol. The number of carbonyl (C=O) groups is 1. The number of pyridine rings is 1. The van der Waals surface area contributed by atoms with Gasteiger partial charge in [0.15, 0.2) is 4.96 Å². The Kier molecular flexibility index (Phi) is 6.09. The van der Waals surface area contributed by atoms with Crippen molar-refractivity contribution in [3.8, 4) is 23.2 Å². The van der Waals surface area contributed by atoms with Crippen LogP contribution in [0.15, 0.2) is 42.7 Å². The summed E-state index contributed by atoms with van der Waals surface area (Å²) in [7, 11) is 1.83. The summed E-state index contributed by atoms with van der Waals surface area (Å²) in [6.07, 6.45) is 2.70. The van der Waals surface area contributed by atoms with Gasteiger partial charge in [0.05, 0.1) is 35.1 Å². The number of anilines is 1. The highest BCUT2D eigenvalue weighted by atomic mass is 32.1. The molecule has 4 aromatic heterocycles. The summed E-state index contributed by atoms with van der Waals surface area (Å²) >= 11 is 1.57. The maximum atomic E-state index is 10.4. The minimum Gasteiger partial charge on any atom is -0.491 e. The summed E-state index contributed by atoms with van der Waals surface area (Å²) in [6.45, 7) is 1.21. The van der Waals surface area contributed by atoms with Gasteiger partial charge in [0.2, 0.25) is 0 Å². The van der Waals surface area contributed by atoms with Gasteiger partial charge < -0.3 is 25.2 Å². The van der Waals surface area contributed by atoms with E-state index in [0.717, 1.165) is 26.7 Å². The molecule has 1 amide bonds. The summed E-state index contributed by atoms with van der Waals surface area (Å²) in [5, 5.41) is 23.2. The number of nitrogens with zero attached hydrogens (tertiary/aromatic N) is 5. The number of benzene rings is 1. The van der Waals surface area contributed by atoms with Crippen LogP contribution in [-0.4, -0.2) is 63.4 Å². The molecule has 0 fully saturated rings. The van der Waals surface area contributed by atoms with Crippen molar-refractivity contribution >= 4 is 44.1 Å². The first-order valence-electron chi connectivity index (χ1n) is 10.8. The van der Waals surface area contributed by atoms with Crippen LogP contribution >= 0.6 is 11.3 Å². The van der Waals surface area contributed by atoms with Crippen molar-refractivity contribution in [1.29, 1.82) is 5.26 Å². The van der Waals surface area contributed by atoms with E-state index in [9.17, 15) is 10.1 Å². The van der Waals surface area contributed by atoms with E-state index in [1.807, 2.05) is 46.4 Å². The number of nitriles is 1. The third-order valence-corrected chi connectivity index (χ3v) is 6.35. The number of rotatable bonds is 9. The highest BCUT2D eigenvalue weighted by molar-refractivity contribution is 7.23. The van der Waals surface area contributed by atoms with E-state index in [4.69, 9.17) is 24.5 Å². The second kappa shape index (κ2) is 9.49. The molecule has 0 aliphatic rings. The van der Waals surface area contributed by atoms with Crippen LogP contribution in [0.25, 0.3) is 32.2 Å². The van der Waals surface area contributed by atoms with Gasteiger partial charge in [0.25, 0.3) is 0 Å². The molecule has 0 radical (unpaired) electrons. The Morgan fingerprint density at radius 3 is 2.89 bits per heavy atom. The number of hydrogen-bond acceptors (Lipinski definition) is 8. The zero-order chi connectivity index (χ0) is 24.4. The van der Waals surface area contributed by atoms with Crippen LogP contribution in [0.2, 0.25) is 0 Å². The third-order valence-electron chi connectivity index (χ3n) is 5.32. The lowest BCUT2D eigenvalue weighted by molar-refractivity contribution is 0.101. The van der Waals surface area contributed by atoms with Crippen molar-refractivity contribution in [3.63, 3.8) is 0 Å². The van der Waals surface area contributed by atoms with Crippen LogP contribution in [-0.2, 0) is 4.74 Å². The van der Waals surface area contributed by atoms with Gasteiger partial charge >= 0.3 is 6.09 Å². The predicted molar refractivity (Wildman–Crippen MR) is 131 cm³/mol. The molecule has 0 unspecified atom stereocenters. The zero-order valence-corrected chi connectivity index (χ0v) is 19.5. The van der Waals surface area contributed by atoms with Gasteiger partial charge in [-0.3, -0.25) is 8.80 Å². The molecule has 0 spiro atoms. The Morgan fingerprint density at radius 1 is 1.20 bits per heavy atom. The van der Waals surface area contributed by atoms with E-state index in [1.54, 1.807) is 23.5 Å². The van der Waals surface area contributed by atoms with Gasteiger partial charge in [-0.1, -0.05) is 11.3 Å². The smallest absolute Gasteiger partial charge is 0.404 e. The fourth-order valence-electron chi connectivity index (χ4n) is 3.76. The summed E-state index contributed by atoms with van der Waals surface area (Å²) in [5.74, 6) is 1.49. The van der Waals surface area contributed by atoms with Crippen molar-refractivity contribution in [2.75, 3.05) is 38.7 Å². The SMILES string of the molecule is CNc1c(-c2cn3c(n2)sc2ccc(OCCOCCNC(=O)O)cc23)nc2cc(C#N)ccn12. The van der Waals surface area contributed by atoms with E-state index < -0.39 is 6.09 Å². The lowest BCUT2D eigenvalue weighted by Crippen LogP contribution is -2.25. The van der Waals surface area contributed by atoms with Gasteiger partial charge in [-0.25, -0.2) is 14.8 Å². The molecule has 3 N–H and O–H groups in total. The van der Waals surface area contributed by atoms with Gasteiger partial charge in [-0.05, 0) is 24.3 Å². The zero-order valence-electron chi connectivity index (χ0n) is 18.7. The molecule has 11 nitrogen and oxygen atoms in total. The van der Waals surface area contributed by atoms with Crippen molar-refractivity contribution in [1.82, 2.24) is 24.1 Å². The average Bonchev–Trinajstić information content (AvgIpc) is 3.53. The van der Waals surface area contributed by atoms with Crippen LogP contribution in [0.5, 0.6) is 5.75 Å². The van der Waals surface area contributed by atoms with E-state index in [2.05, 4.69) is 16.7 Å². The van der Waals surface area contributed by atoms with Gasteiger partial charge in [-0.2, -0.15) is 5.26 Å².